The van der Waals surface area contributed by atoms with Gasteiger partial charge in [-0.1, -0.05) is 6.07 Å². The molecule has 0 aliphatic carbocycles. The van der Waals surface area contributed by atoms with E-state index in [4.69, 9.17) is 9.47 Å². The van der Waals surface area contributed by atoms with Gasteiger partial charge >= 0.3 is 0 Å². The van der Waals surface area contributed by atoms with Gasteiger partial charge in [-0.25, -0.2) is 0 Å². The Morgan fingerprint density at radius 2 is 2.00 bits per heavy atom. The van der Waals surface area contributed by atoms with Gasteiger partial charge in [0.15, 0.2) is 11.5 Å². The second-order valence-electron chi connectivity index (χ2n) is 4.67. The standard InChI is InChI=1S/C14H21NO2/c1-15-8-4-5-12(15)9-11-6-7-13(16-2)14(10-11)17-3/h6-7,10,12H,4-5,8-9H2,1-3H3/t12-/m0/s1. The quantitative estimate of drug-likeness (QED) is 0.799. The topological polar surface area (TPSA) is 21.7 Å². The number of hydrogen-bond acceptors (Lipinski definition) is 3. The van der Waals surface area contributed by atoms with Crippen LogP contribution < -0.4 is 9.47 Å². The van der Waals surface area contributed by atoms with E-state index in [-0.39, 0.29) is 0 Å². The second kappa shape index (κ2) is 5.41. The van der Waals surface area contributed by atoms with E-state index in [9.17, 15) is 0 Å². The van der Waals surface area contributed by atoms with Gasteiger partial charge in [0, 0.05) is 6.04 Å². The first kappa shape index (κ1) is 12.2. The van der Waals surface area contributed by atoms with Crippen molar-refractivity contribution in [3.63, 3.8) is 0 Å². The summed E-state index contributed by atoms with van der Waals surface area (Å²) in [6, 6.07) is 6.88. The zero-order valence-electron chi connectivity index (χ0n) is 10.9. The van der Waals surface area contributed by atoms with Crippen molar-refractivity contribution in [2.75, 3.05) is 27.8 Å². The molecule has 3 nitrogen and oxygen atoms in total. The molecule has 1 saturated heterocycles. The van der Waals surface area contributed by atoms with Crippen molar-refractivity contribution in [2.24, 2.45) is 0 Å². The number of rotatable bonds is 4. The lowest BCUT2D eigenvalue weighted by atomic mass is 10.0. The third-order valence-electron chi connectivity index (χ3n) is 3.59. The van der Waals surface area contributed by atoms with Crippen molar-refractivity contribution >= 4 is 0 Å². The van der Waals surface area contributed by atoms with Gasteiger partial charge in [0.1, 0.15) is 0 Å². The van der Waals surface area contributed by atoms with Gasteiger partial charge in [-0.2, -0.15) is 0 Å². The van der Waals surface area contributed by atoms with Gasteiger partial charge in [0.05, 0.1) is 14.2 Å². The summed E-state index contributed by atoms with van der Waals surface area (Å²) >= 11 is 0. The number of likely N-dealkylation sites (tertiary alicyclic amines) is 1. The fraction of sp³-hybridized carbons (Fsp3) is 0.571. The van der Waals surface area contributed by atoms with E-state index in [0.29, 0.717) is 6.04 Å². The van der Waals surface area contributed by atoms with E-state index in [0.717, 1.165) is 17.9 Å². The lowest BCUT2D eigenvalue weighted by Crippen LogP contribution is -2.26. The van der Waals surface area contributed by atoms with Crippen LogP contribution in [0.4, 0.5) is 0 Å². The van der Waals surface area contributed by atoms with Crippen molar-refractivity contribution in [3.8, 4) is 11.5 Å². The number of ether oxygens (including phenoxy) is 2. The summed E-state index contributed by atoms with van der Waals surface area (Å²) in [6.45, 7) is 1.22. The number of likely N-dealkylation sites (N-methyl/N-ethyl adjacent to an activating group) is 1. The zero-order chi connectivity index (χ0) is 12.3. The maximum Gasteiger partial charge on any atom is 0.160 e. The molecule has 0 radical (unpaired) electrons. The molecule has 1 aliphatic heterocycles. The molecule has 0 aromatic heterocycles. The van der Waals surface area contributed by atoms with Gasteiger partial charge in [-0.3, -0.25) is 0 Å². The average Bonchev–Trinajstić information content (AvgIpc) is 2.75. The van der Waals surface area contributed by atoms with E-state index in [1.807, 2.05) is 6.07 Å². The van der Waals surface area contributed by atoms with E-state index < -0.39 is 0 Å². The van der Waals surface area contributed by atoms with Crippen LogP contribution in [-0.2, 0) is 6.42 Å². The van der Waals surface area contributed by atoms with E-state index >= 15 is 0 Å². The highest BCUT2D eigenvalue weighted by Gasteiger charge is 2.21. The molecular weight excluding hydrogens is 214 g/mol. The molecule has 2 rings (SSSR count). The molecule has 0 N–H and O–H groups in total. The third-order valence-corrected chi connectivity index (χ3v) is 3.59. The number of benzene rings is 1. The molecule has 94 valence electrons. The van der Waals surface area contributed by atoms with E-state index in [1.165, 1.54) is 24.9 Å². The third kappa shape index (κ3) is 2.72. The summed E-state index contributed by atoms with van der Waals surface area (Å²) in [5, 5.41) is 0. The van der Waals surface area contributed by atoms with Crippen LogP contribution in [0.15, 0.2) is 18.2 Å². The molecule has 0 saturated carbocycles. The normalized spacial score (nSPS) is 20.5. The number of methoxy groups -OCH3 is 2. The fourth-order valence-electron chi connectivity index (χ4n) is 2.52. The molecule has 1 atom stereocenters. The Balaban J connectivity index is 2.10. The smallest absolute Gasteiger partial charge is 0.160 e. The minimum atomic E-state index is 0.674. The molecule has 0 unspecified atom stereocenters. The van der Waals surface area contributed by atoms with Crippen molar-refractivity contribution in [3.05, 3.63) is 23.8 Å². The van der Waals surface area contributed by atoms with Crippen molar-refractivity contribution in [1.29, 1.82) is 0 Å². The Labute approximate surface area is 103 Å². The average molecular weight is 235 g/mol. The maximum absolute atomic E-state index is 5.33. The van der Waals surface area contributed by atoms with Crippen molar-refractivity contribution in [1.82, 2.24) is 4.90 Å². The van der Waals surface area contributed by atoms with Crippen LogP contribution in [-0.4, -0.2) is 38.8 Å². The van der Waals surface area contributed by atoms with E-state index in [1.54, 1.807) is 14.2 Å². The zero-order valence-corrected chi connectivity index (χ0v) is 10.9. The lowest BCUT2D eigenvalue weighted by Gasteiger charge is -2.19. The van der Waals surface area contributed by atoms with Gasteiger partial charge < -0.3 is 14.4 Å². The molecule has 17 heavy (non-hydrogen) atoms. The molecule has 1 aliphatic rings. The fourth-order valence-corrected chi connectivity index (χ4v) is 2.52. The SMILES string of the molecule is COc1ccc(C[C@@H]2CCCN2C)cc1OC. The molecule has 1 heterocycles. The van der Waals surface area contributed by atoms with Crippen LogP contribution in [0.25, 0.3) is 0 Å². The Bertz CT molecular complexity index is 378. The Morgan fingerprint density at radius 3 is 2.59 bits per heavy atom. The largest absolute Gasteiger partial charge is 0.493 e. The minimum absolute atomic E-state index is 0.674. The Kier molecular flexibility index (Phi) is 3.89. The summed E-state index contributed by atoms with van der Waals surface area (Å²) in [4.78, 5) is 2.44. The van der Waals surface area contributed by atoms with Gasteiger partial charge in [0.25, 0.3) is 0 Å². The van der Waals surface area contributed by atoms with Crippen LogP contribution in [0.5, 0.6) is 11.5 Å². The summed E-state index contributed by atoms with van der Waals surface area (Å²) in [5.74, 6) is 1.63. The Morgan fingerprint density at radius 1 is 1.24 bits per heavy atom. The molecule has 0 spiro atoms. The highest BCUT2D eigenvalue weighted by atomic mass is 16.5. The first-order chi connectivity index (χ1) is 8.24. The molecule has 0 amide bonds. The van der Waals surface area contributed by atoms with Crippen LogP contribution in [0, 0.1) is 0 Å². The second-order valence-corrected chi connectivity index (χ2v) is 4.67. The van der Waals surface area contributed by atoms with Crippen LogP contribution in [0.1, 0.15) is 18.4 Å². The van der Waals surface area contributed by atoms with Crippen LogP contribution in [0.2, 0.25) is 0 Å². The molecule has 3 heteroatoms. The molecule has 1 aromatic carbocycles. The lowest BCUT2D eigenvalue weighted by molar-refractivity contribution is 0.308. The molecule has 0 bridgehead atoms. The van der Waals surface area contributed by atoms with Gasteiger partial charge in [-0.15, -0.1) is 0 Å². The van der Waals surface area contributed by atoms with Crippen molar-refractivity contribution < 1.29 is 9.47 Å². The number of nitrogens with zero attached hydrogens (tertiary/aromatic N) is 1. The summed E-state index contributed by atoms with van der Waals surface area (Å²) < 4.78 is 10.6. The van der Waals surface area contributed by atoms with Crippen LogP contribution in [0.3, 0.4) is 0 Å². The van der Waals surface area contributed by atoms with Gasteiger partial charge in [0.2, 0.25) is 0 Å². The molecule has 1 aromatic rings. The minimum Gasteiger partial charge on any atom is -0.493 e. The summed E-state index contributed by atoms with van der Waals surface area (Å²) in [6.07, 6.45) is 3.70. The van der Waals surface area contributed by atoms with Crippen LogP contribution >= 0.6 is 0 Å². The number of hydrogen-bond donors (Lipinski definition) is 0. The maximum atomic E-state index is 5.33. The predicted octanol–water partition coefficient (Wildman–Crippen LogP) is 2.34. The summed E-state index contributed by atoms with van der Waals surface area (Å²) in [5.41, 5.74) is 1.32. The first-order valence-electron chi connectivity index (χ1n) is 6.15. The predicted molar refractivity (Wildman–Crippen MR) is 68.9 cm³/mol. The molecule has 1 fully saturated rings. The van der Waals surface area contributed by atoms with Gasteiger partial charge in [-0.05, 0) is 50.6 Å². The first-order valence-corrected chi connectivity index (χ1v) is 6.15. The monoisotopic (exact) mass is 235 g/mol. The highest BCUT2D eigenvalue weighted by molar-refractivity contribution is 5.43. The van der Waals surface area contributed by atoms with E-state index in [2.05, 4.69) is 24.1 Å². The van der Waals surface area contributed by atoms with Crippen molar-refractivity contribution in [2.45, 2.75) is 25.3 Å². The summed E-state index contributed by atoms with van der Waals surface area (Å²) in [7, 11) is 5.56. The molecular formula is C14H21NO2. The Hall–Kier alpha value is -1.22. The highest BCUT2D eigenvalue weighted by Crippen LogP contribution is 2.29.